The lowest BCUT2D eigenvalue weighted by Crippen LogP contribution is -2.20. The van der Waals surface area contributed by atoms with Crippen LogP contribution in [0.15, 0.2) is 23.0 Å². The lowest BCUT2D eigenvalue weighted by molar-refractivity contribution is 0.0691. The molecule has 1 aliphatic rings. The topological polar surface area (TPSA) is 98.6 Å². The maximum absolute atomic E-state index is 12.5. The molecule has 0 amide bonds. The molecule has 3 aromatic rings. The smallest absolute Gasteiger partial charge is 0.345 e. The lowest BCUT2D eigenvalue weighted by Gasteiger charge is -2.16. The summed E-state index contributed by atoms with van der Waals surface area (Å²) in [6.45, 7) is 5.87. The molecule has 30 heavy (non-hydrogen) atoms. The highest BCUT2D eigenvalue weighted by atomic mass is 16.4. The van der Waals surface area contributed by atoms with E-state index in [0.29, 0.717) is 11.3 Å². The number of aromatic nitrogens is 2. The molecule has 0 fully saturated rings. The fraction of sp³-hybridized carbons (Fsp3) is 0.391. The molecule has 1 atom stereocenters. The predicted octanol–water partition coefficient (Wildman–Crippen LogP) is 3.44. The number of rotatable bonds is 4. The molecule has 1 aromatic carbocycles. The second kappa shape index (κ2) is 7.32. The number of nitrogens with zero attached hydrogens (tertiary/aromatic N) is 2. The van der Waals surface area contributed by atoms with E-state index in [2.05, 4.69) is 41.5 Å². The molecule has 4 rings (SSSR count). The second-order valence-electron chi connectivity index (χ2n) is 8.26. The molecule has 0 spiro atoms. The van der Waals surface area contributed by atoms with E-state index < -0.39 is 22.8 Å². The third kappa shape index (κ3) is 3.01. The monoisotopic (exact) mass is 409 g/mol. The van der Waals surface area contributed by atoms with Crippen LogP contribution in [0, 0.1) is 0 Å². The summed E-state index contributed by atoms with van der Waals surface area (Å²) in [6, 6.07) is 6.21. The van der Waals surface area contributed by atoms with Crippen LogP contribution in [0.25, 0.3) is 22.2 Å². The molecule has 3 N–H and O–H groups in total. The van der Waals surface area contributed by atoms with E-state index in [9.17, 15) is 19.8 Å². The van der Waals surface area contributed by atoms with Gasteiger partial charge in [-0.3, -0.25) is 4.79 Å². The highest BCUT2D eigenvalue weighted by Gasteiger charge is 2.30. The first kappa shape index (κ1) is 20.2. The fourth-order valence-corrected chi connectivity index (χ4v) is 4.57. The van der Waals surface area contributed by atoms with Crippen LogP contribution in [0.3, 0.4) is 0 Å². The minimum atomic E-state index is -1.42. The average molecular weight is 409 g/mol. The molecular weight excluding hydrogens is 382 g/mol. The summed E-state index contributed by atoms with van der Waals surface area (Å²) in [5, 5.41) is 21.2. The Morgan fingerprint density at radius 3 is 2.77 bits per heavy atom. The molecule has 0 unspecified atom stereocenters. The molecule has 1 aliphatic carbocycles. The zero-order chi connectivity index (χ0) is 21.7. The third-order valence-electron chi connectivity index (χ3n) is 6.44. The van der Waals surface area contributed by atoms with E-state index in [1.54, 1.807) is 0 Å². The molecule has 2 aromatic heterocycles. The Kier molecular flexibility index (Phi) is 4.94. The Morgan fingerprint density at radius 2 is 2.10 bits per heavy atom. The molecule has 7 heteroatoms. The number of carbonyl (C=O) groups is 1. The molecule has 0 saturated heterocycles. The van der Waals surface area contributed by atoms with Crippen LogP contribution in [0.5, 0.6) is 5.75 Å². The van der Waals surface area contributed by atoms with Gasteiger partial charge in [-0.15, -0.1) is 0 Å². The molecule has 0 radical (unpaired) electrons. The van der Waals surface area contributed by atoms with Gasteiger partial charge >= 0.3 is 5.97 Å². The zero-order valence-corrected chi connectivity index (χ0v) is 17.7. The number of hydrogen-bond donors (Lipinski definition) is 3. The van der Waals surface area contributed by atoms with Crippen LogP contribution >= 0.6 is 0 Å². The van der Waals surface area contributed by atoms with Gasteiger partial charge in [0.2, 0.25) is 0 Å². The van der Waals surface area contributed by atoms with Crippen molar-refractivity contribution >= 4 is 16.9 Å². The van der Waals surface area contributed by atoms with Crippen LogP contribution in [-0.2, 0) is 20.0 Å². The number of H-pyrrole nitrogens is 1. The highest BCUT2D eigenvalue weighted by Crippen LogP contribution is 2.43. The summed E-state index contributed by atoms with van der Waals surface area (Å²) in [5.74, 6) is -1.93. The zero-order valence-electron chi connectivity index (χ0n) is 17.7. The Labute approximate surface area is 174 Å². The van der Waals surface area contributed by atoms with Crippen LogP contribution in [0.2, 0.25) is 0 Å². The van der Waals surface area contributed by atoms with Gasteiger partial charge in [0.15, 0.2) is 5.56 Å². The maximum Gasteiger partial charge on any atom is 0.345 e. The van der Waals surface area contributed by atoms with Crippen molar-refractivity contribution in [1.29, 1.82) is 0 Å². The third-order valence-corrected chi connectivity index (χ3v) is 6.44. The summed E-state index contributed by atoms with van der Waals surface area (Å²) < 4.78 is 2.20. The van der Waals surface area contributed by atoms with Crippen molar-refractivity contribution < 1.29 is 15.0 Å². The summed E-state index contributed by atoms with van der Waals surface area (Å²) in [7, 11) is 4.15. The van der Waals surface area contributed by atoms with Crippen molar-refractivity contribution in [3.05, 3.63) is 50.9 Å². The van der Waals surface area contributed by atoms with Crippen molar-refractivity contribution in [3.63, 3.8) is 0 Å². The minimum Gasteiger partial charge on any atom is -0.506 e. The second-order valence-corrected chi connectivity index (χ2v) is 8.26. The molecular formula is C23H27N3O4. The Balaban J connectivity index is 1.99. The van der Waals surface area contributed by atoms with E-state index in [4.69, 9.17) is 0 Å². The van der Waals surface area contributed by atoms with Gasteiger partial charge in [-0.05, 0) is 50.0 Å². The number of fused-ring (bicyclic) bond motifs is 5. The lowest BCUT2D eigenvalue weighted by atomic mass is 9.93. The molecule has 2 heterocycles. The van der Waals surface area contributed by atoms with Crippen molar-refractivity contribution in [1.82, 2.24) is 14.5 Å². The number of nitrogens with one attached hydrogen (secondary N) is 1. The van der Waals surface area contributed by atoms with Crippen LogP contribution in [0.4, 0.5) is 0 Å². The van der Waals surface area contributed by atoms with Crippen LogP contribution < -0.4 is 5.56 Å². The number of aromatic hydroxyl groups is 1. The first-order chi connectivity index (χ1) is 14.2. The summed E-state index contributed by atoms with van der Waals surface area (Å²) in [6.07, 6.45) is 1.52. The first-order valence-electron chi connectivity index (χ1n) is 10.3. The largest absolute Gasteiger partial charge is 0.506 e. The van der Waals surface area contributed by atoms with Gasteiger partial charge in [0.1, 0.15) is 5.75 Å². The van der Waals surface area contributed by atoms with E-state index in [0.717, 1.165) is 48.0 Å². The maximum atomic E-state index is 12.5. The summed E-state index contributed by atoms with van der Waals surface area (Å²) in [4.78, 5) is 29.0. The van der Waals surface area contributed by atoms with Gasteiger partial charge in [-0.1, -0.05) is 19.9 Å². The summed E-state index contributed by atoms with van der Waals surface area (Å²) in [5.41, 5.74) is 3.97. The number of aromatic amines is 1. The van der Waals surface area contributed by atoms with Gasteiger partial charge in [0, 0.05) is 41.3 Å². The molecule has 0 bridgehead atoms. The number of carboxylic acid groups (broad SMARTS) is 1. The number of carboxylic acids is 1. The minimum absolute atomic E-state index is 0.0909. The number of pyridine rings is 1. The quantitative estimate of drug-likeness (QED) is 0.613. The number of aromatic carboxylic acids is 1. The van der Waals surface area contributed by atoms with Gasteiger partial charge in [0.25, 0.3) is 5.56 Å². The van der Waals surface area contributed by atoms with Crippen LogP contribution in [-0.4, -0.2) is 44.2 Å². The van der Waals surface area contributed by atoms with E-state index in [1.807, 2.05) is 19.1 Å². The molecule has 7 nitrogen and oxygen atoms in total. The number of benzene rings is 1. The van der Waals surface area contributed by atoms with Crippen molar-refractivity contribution in [2.75, 3.05) is 13.6 Å². The fourth-order valence-electron chi connectivity index (χ4n) is 4.57. The predicted molar refractivity (Wildman–Crippen MR) is 116 cm³/mol. The van der Waals surface area contributed by atoms with E-state index in [-0.39, 0.29) is 5.92 Å². The van der Waals surface area contributed by atoms with Crippen molar-refractivity contribution in [2.45, 2.75) is 39.2 Å². The number of aryl methyl sites for hydroxylation is 2. The number of hydrogen-bond acceptors (Lipinski definition) is 4. The van der Waals surface area contributed by atoms with E-state index >= 15 is 0 Å². The molecule has 0 saturated carbocycles. The van der Waals surface area contributed by atoms with Gasteiger partial charge in [-0.25, -0.2) is 4.79 Å². The standard InChI is InChI=1S/C23H27N3O4/c1-5-25(3)11-13-10-16-14-7-6-12(2)18-20(15(14)8-9-17(16)26(13)4)24-22(28)19(21(18)27)23(29)30/h8-10,12H,5-7,11H2,1-4H3,(H,29,30)(H2,24,27,28)/t12-/m1/s1. The van der Waals surface area contributed by atoms with Gasteiger partial charge < -0.3 is 24.7 Å². The Morgan fingerprint density at radius 1 is 1.37 bits per heavy atom. The average Bonchev–Trinajstić information content (AvgIpc) is 2.92. The Bertz CT molecular complexity index is 1220. The van der Waals surface area contributed by atoms with E-state index in [1.165, 1.54) is 5.69 Å². The first-order valence-corrected chi connectivity index (χ1v) is 10.3. The Hall–Kier alpha value is -3.06. The highest BCUT2D eigenvalue weighted by molar-refractivity contribution is 5.95. The van der Waals surface area contributed by atoms with Gasteiger partial charge in [-0.2, -0.15) is 0 Å². The van der Waals surface area contributed by atoms with Crippen LogP contribution in [0.1, 0.15) is 53.4 Å². The normalized spacial score (nSPS) is 15.8. The van der Waals surface area contributed by atoms with Gasteiger partial charge in [0.05, 0.1) is 5.69 Å². The summed E-state index contributed by atoms with van der Waals surface area (Å²) >= 11 is 0. The van der Waals surface area contributed by atoms with Crippen molar-refractivity contribution in [2.24, 2.45) is 7.05 Å². The SMILES string of the molecule is CCN(C)Cc1cc2c3c(ccc2n1C)-c1[nH]c(=O)c(C(=O)O)c(O)c1[C@H](C)CC3. The van der Waals surface area contributed by atoms with Crippen molar-refractivity contribution in [3.8, 4) is 17.0 Å². The molecule has 0 aliphatic heterocycles. The molecule has 158 valence electrons.